The number of amides is 1. The minimum Gasteiger partial charge on any atom is -0.464 e. The fourth-order valence-electron chi connectivity index (χ4n) is 1.55. The summed E-state index contributed by atoms with van der Waals surface area (Å²) < 4.78 is 4.99. The van der Waals surface area contributed by atoms with Gasteiger partial charge in [0.1, 0.15) is 6.61 Å². The molecule has 0 aromatic heterocycles. The zero-order valence-corrected chi connectivity index (χ0v) is 13.0. The van der Waals surface area contributed by atoms with Crippen LogP contribution in [0.4, 0.5) is 0 Å². The van der Waals surface area contributed by atoms with Crippen LogP contribution in [-0.2, 0) is 14.3 Å². The Morgan fingerprint density at radius 1 is 1.21 bits per heavy atom. The molecule has 0 aromatic carbocycles. The van der Waals surface area contributed by atoms with Gasteiger partial charge < -0.3 is 15.4 Å². The summed E-state index contributed by atoms with van der Waals surface area (Å²) in [4.78, 5) is 23.1. The molecule has 5 nitrogen and oxygen atoms in total. The summed E-state index contributed by atoms with van der Waals surface area (Å²) in [5.41, 5.74) is 0.0785. The van der Waals surface area contributed by atoms with E-state index in [0.29, 0.717) is 6.54 Å². The van der Waals surface area contributed by atoms with E-state index in [0.717, 1.165) is 6.42 Å². The third kappa shape index (κ3) is 8.59. The van der Waals surface area contributed by atoms with Gasteiger partial charge in [-0.15, -0.1) is 0 Å². The Hall–Kier alpha value is -1.10. The number of ether oxygens (including phenoxy) is 1. The van der Waals surface area contributed by atoms with Gasteiger partial charge in [-0.25, -0.2) is 0 Å². The molecule has 0 aliphatic carbocycles. The van der Waals surface area contributed by atoms with Gasteiger partial charge in [-0.3, -0.25) is 9.59 Å². The van der Waals surface area contributed by atoms with Crippen LogP contribution in [0.15, 0.2) is 0 Å². The summed E-state index contributed by atoms with van der Waals surface area (Å²) >= 11 is 0. The third-order valence-corrected chi connectivity index (χ3v) is 2.60. The quantitative estimate of drug-likeness (QED) is 0.542. The van der Waals surface area contributed by atoms with E-state index in [-0.39, 0.29) is 35.9 Å². The van der Waals surface area contributed by atoms with E-state index in [9.17, 15) is 9.59 Å². The lowest BCUT2D eigenvalue weighted by Crippen LogP contribution is -2.45. The molecule has 0 aromatic rings. The van der Waals surface area contributed by atoms with Crippen molar-refractivity contribution in [3.8, 4) is 0 Å². The molecule has 112 valence electrons. The zero-order valence-electron chi connectivity index (χ0n) is 13.0. The van der Waals surface area contributed by atoms with E-state index in [1.54, 1.807) is 20.9 Å². The van der Waals surface area contributed by atoms with Gasteiger partial charge in [0, 0.05) is 0 Å². The van der Waals surface area contributed by atoms with Gasteiger partial charge in [0.2, 0.25) is 5.91 Å². The highest BCUT2D eigenvalue weighted by Gasteiger charge is 2.23. The fourth-order valence-corrected chi connectivity index (χ4v) is 1.55. The minimum atomic E-state index is -0.242. The Morgan fingerprint density at radius 3 is 2.21 bits per heavy atom. The highest BCUT2D eigenvalue weighted by atomic mass is 16.5. The average molecular weight is 272 g/mol. The summed E-state index contributed by atoms with van der Waals surface area (Å²) in [5.74, 6) is -0.436. The maximum atomic E-state index is 11.9. The highest BCUT2D eigenvalue weighted by molar-refractivity contribution is 5.81. The zero-order chi connectivity index (χ0) is 15.1. The van der Waals surface area contributed by atoms with Crippen molar-refractivity contribution in [2.45, 2.75) is 47.1 Å². The van der Waals surface area contributed by atoms with Crippen molar-refractivity contribution in [1.82, 2.24) is 10.6 Å². The maximum Gasteiger partial charge on any atom is 0.308 e. The molecule has 0 radical (unpaired) electrons. The smallest absolute Gasteiger partial charge is 0.308 e. The lowest BCUT2D eigenvalue weighted by Gasteiger charge is -2.25. The van der Waals surface area contributed by atoms with E-state index < -0.39 is 0 Å². The van der Waals surface area contributed by atoms with Crippen molar-refractivity contribution in [3.05, 3.63) is 0 Å². The Labute approximate surface area is 116 Å². The van der Waals surface area contributed by atoms with Crippen molar-refractivity contribution >= 4 is 11.9 Å². The molecule has 2 N–H and O–H groups in total. The number of hydrogen-bond acceptors (Lipinski definition) is 4. The molecule has 0 aliphatic rings. The van der Waals surface area contributed by atoms with Crippen LogP contribution in [0.25, 0.3) is 0 Å². The average Bonchev–Trinajstić information content (AvgIpc) is 2.29. The first kappa shape index (κ1) is 17.9. The highest BCUT2D eigenvalue weighted by Crippen LogP contribution is 2.20. The summed E-state index contributed by atoms with van der Waals surface area (Å²) in [7, 11) is 1.77. The number of nitrogens with one attached hydrogen (secondary N) is 2. The summed E-state index contributed by atoms with van der Waals surface area (Å²) in [6, 6.07) is -0.221. The van der Waals surface area contributed by atoms with Crippen LogP contribution < -0.4 is 10.6 Å². The minimum absolute atomic E-state index is 0.0574. The third-order valence-electron chi connectivity index (χ3n) is 2.60. The number of likely N-dealkylation sites (N-methyl/N-ethyl adjacent to an activating group) is 1. The molecule has 1 amide bonds. The molecule has 5 heteroatoms. The van der Waals surface area contributed by atoms with Gasteiger partial charge >= 0.3 is 5.97 Å². The van der Waals surface area contributed by atoms with Crippen LogP contribution in [0.3, 0.4) is 0 Å². The second-order valence-electron chi connectivity index (χ2n) is 6.22. The monoisotopic (exact) mass is 272 g/mol. The summed E-state index contributed by atoms with van der Waals surface area (Å²) in [6.07, 6.45) is 0.751. The Kier molecular flexibility index (Phi) is 7.68. The van der Waals surface area contributed by atoms with Crippen LogP contribution in [0.5, 0.6) is 0 Å². The second-order valence-corrected chi connectivity index (χ2v) is 6.22. The van der Waals surface area contributed by atoms with Gasteiger partial charge in [0.25, 0.3) is 0 Å². The van der Waals surface area contributed by atoms with Crippen molar-refractivity contribution in [2.24, 2.45) is 11.3 Å². The van der Waals surface area contributed by atoms with Crippen molar-refractivity contribution < 1.29 is 14.3 Å². The fraction of sp³-hybridized carbons (Fsp3) is 0.857. The predicted octanol–water partition coefficient (Wildman–Crippen LogP) is 1.33. The van der Waals surface area contributed by atoms with Crippen LogP contribution >= 0.6 is 0 Å². The molecule has 0 spiro atoms. The van der Waals surface area contributed by atoms with E-state index in [2.05, 4.69) is 31.4 Å². The van der Waals surface area contributed by atoms with Crippen molar-refractivity contribution in [1.29, 1.82) is 0 Å². The lowest BCUT2D eigenvalue weighted by atomic mass is 9.88. The molecular formula is C14H28N2O3. The summed E-state index contributed by atoms with van der Waals surface area (Å²) in [6.45, 7) is 10.4. The molecule has 0 saturated carbocycles. The molecule has 1 unspecified atom stereocenters. The molecule has 0 rings (SSSR count). The molecular weight excluding hydrogens is 244 g/mol. The van der Waals surface area contributed by atoms with Gasteiger partial charge in [-0.05, 0) is 18.9 Å². The summed E-state index contributed by atoms with van der Waals surface area (Å²) in [5, 5.41) is 5.78. The molecule has 1 atom stereocenters. The van der Waals surface area contributed by atoms with Crippen LogP contribution in [0.2, 0.25) is 0 Å². The van der Waals surface area contributed by atoms with Crippen LogP contribution in [0, 0.1) is 11.3 Å². The molecule has 19 heavy (non-hydrogen) atoms. The molecule has 0 saturated heterocycles. The Bertz CT molecular complexity index is 296. The Balaban J connectivity index is 3.99. The van der Waals surface area contributed by atoms with Gasteiger partial charge in [0.15, 0.2) is 0 Å². The largest absolute Gasteiger partial charge is 0.464 e. The van der Waals surface area contributed by atoms with Crippen LogP contribution in [0.1, 0.15) is 41.0 Å². The number of hydrogen-bond donors (Lipinski definition) is 2. The molecule has 0 heterocycles. The lowest BCUT2D eigenvalue weighted by molar-refractivity contribution is -0.147. The molecule has 0 aliphatic heterocycles. The van der Waals surface area contributed by atoms with E-state index in [1.165, 1.54) is 0 Å². The first-order chi connectivity index (χ1) is 8.67. The number of esters is 1. The van der Waals surface area contributed by atoms with Crippen molar-refractivity contribution in [2.75, 3.05) is 20.2 Å². The van der Waals surface area contributed by atoms with E-state index in [1.807, 2.05) is 0 Å². The second kappa shape index (κ2) is 8.15. The standard InChI is InChI=1S/C14H28N2O3/c1-10(2)13(18)19-8-7-16-12(17)11(15-6)9-14(3,4)5/h10-11,15H,7-9H2,1-6H3,(H,16,17). The topological polar surface area (TPSA) is 67.4 Å². The normalized spacial score (nSPS) is 13.2. The molecule has 0 bridgehead atoms. The Morgan fingerprint density at radius 2 is 1.79 bits per heavy atom. The maximum absolute atomic E-state index is 11.9. The van der Waals surface area contributed by atoms with Gasteiger partial charge in [-0.2, -0.15) is 0 Å². The van der Waals surface area contributed by atoms with Gasteiger partial charge in [-0.1, -0.05) is 34.6 Å². The number of rotatable bonds is 7. The van der Waals surface area contributed by atoms with Crippen LogP contribution in [-0.4, -0.2) is 38.1 Å². The number of carbonyl (C=O) groups is 2. The first-order valence-electron chi connectivity index (χ1n) is 6.79. The van der Waals surface area contributed by atoms with E-state index in [4.69, 9.17) is 4.74 Å². The van der Waals surface area contributed by atoms with Crippen molar-refractivity contribution in [3.63, 3.8) is 0 Å². The number of carbonyl (C=O) groups excluding carboxylic acids is 2. The SMILES string of the molecule is CNC(CC(C)(C)C)C(=O)NCCOC(=O)C(C)C. The predicted molar refractivity (Wildman–Crippen MR) is 75.7 cm³/mol. The molecule has 0 fully saturated rings. The van der Waals surface area contributed by atoms with Gasteiger partial charge in [0.05, 0.1) is 18.5 Å². The van der Waals surface area contributed by atoms with E-state index >= 15 is 0 Å². The first-order valence-corrected chi connectivity index (χ1v) is 6.79.